The van der Waals surface area contributed by atoms with Crippen LogP contribution in [0, 0.1) is 17.5 Å². The Morgan fingerprint density at radius 3 is 1.97 bits per heavy atom. The van der Waals surface area contributed by atoms with Crippen molar-refractivity contribution >= 4 is 0 Å². The Morgan fingerprint density at radius 2 is 1.34 bits per heavy atom. The summed E-state index contributed by atoms with van der Waals surface area (Å²) in [5.74, 6) is -1.40. The van der Waals surface area contributed by atoms with E-state index in [-0.39, 0.29) is 23.1 Å². The third-order valence-electron chi connectivity index (χ3n) is 6.42. The molecule has 0 aliphatic rings. The molecule has 0 amide bonds. The molecule has 0 heterocycles. The molecular weight excluding hydrogens is 441 g/mol. The topological polar surface area (TPSA) is 0 Å². The lowest BCUT2D eigenvalue weighted by Gasteiger charge is -2.13. The van der Waals surface area contributed by atoms with E-state index >= 15 is 4.39 Å². The second kappa shape index (κ2) is 11.2. The monoisotopic (exact) mass is 470 g/mol. The van der Waals surface area contributed by atoms with Crippen molar-refractivity contribution in [3.8, 4) is 22.3 Å². The Hall–Kier alpha value is -3.59. The van der Waals surface area contributed by atoms with Crippen LogP contribution in [0.4, 0.5) is 13.2 Å². The third-order valence-corrected chi connectivity index (χ3v) is 6.42. The molecule has 0 nitrogen and oxygen atoms in total. The maximum atomic E-state index is 15.0. The fourth-order valence-corrected chi connectivity index (χ4v) is 4.41. The molecule has 0 bridgehead atoms. The molecule has 0 radical (unpaired) electrons. The maximum absolute atomic E-state index is 15.0. The molecule has 1 atom stereocenters. The minimum absolute atomic E-state index is 0.0329. The number of rotatable bonds is 8. The lowest BCUT2D eigenvalue weighted by Crippen LogP contribution is -1.98. The first kappa shape index (κ1) is 24.5. The van der Waals surface area contributed by atoms with Crippen LogP contribution in [-0.2, 0) is 12.8 Å². The van der Waals surface area contributed by atoms with Gasteiger partial charge in [0, 0.05) is 11.1 Å². The first-order valence-corrected chi connectivity index (χ1v) is 12.0. The molecule has 4 rings (SSSR count). The molecule has 1 unspecified atom stereocenters. The first-order chi connectivity index (χ1) is 17.0. The highest BCUT2D eigenvalue weighted by Gasteiger charge is 2.15. The number of allylic oxidation sites excluding steroid dienone is 2. The van der Waals surface area contributed by atoms with Crippen LogP contribution in [0.2, 0.25) is 0 Å². The van der Waals surface area contributed by atoms with E-state index in [2.05, 4.69) is 43.3 Å². The average molecular weight is 471 g/mol. The van der Waals surface area contributed by atoms with Gasteiger partial charge >= 0.3 is 0 Å². The summed E-state index contributed by atoms with van der Waals surface area (Å²) in [6.07, 6.45) is 5.45. The Labute approximate surface area is 205 Å². The van der Waals surface area contributed by atoms with Gasteiger partial charge in [-0.25, -0.2) is 13.2 Å². The van der Waals surface area contributed by atoms with Crippen molar-refractivity contribution in [1.82, 2.24) is 0 Å². The highest BCUT2D eigenvalue weighted by Crippen LogP contribution is 2.31. The summed E-state index contributed by atoms with van der Waals surface area (Å²) in [7, 11) is 0. The Bertz CT molecular complexity index is 1280. The van der Waals surface area contributed by atoms with Crippen LogP contribution in [-0.4, -0.2) is 0 Å². The van der Waals surface area contributed by atoms with Crippen LogP contribution >= 0.6 is 0 Å². The minimum atomic E-state index is -0.645. The average Bonchev–Trinajstić information content (AvgIpc) is 2.86. The summed E-state index contributed by atoms with van der Waals surface area (Å²) in [4.78, 5) is 0. The molecule has 3 heteroatoms. The van der Waals surface area contributed by atoms with E-state index < -0.39 is 17.5 Å². The van der Waals surface area contributed by atoms with E-state index in [4.69, 9.17) is 0 Å². The molecule has 0 aliphatic carbocycles. The van der Waals surface area contributed by atoms with Gasteiger partial charge in [0.05, 0.1) is 0 Å². The number of halogens is 3. The molecule has 0 N–H and O–H groups in total. The van der Waals surface area contributed by atoms with Crippen molar-refractivity contribution in [3.63, 3.8) is 0 Å². The van der Waals surface area contributed by atoms with Gasteiger partial charge in [-0.3, -0.25) is 0 Å². The zero-order valence-corrected chi connectivity index (χ0v) is 20.1. The van der Waals surface area contributed by atoms with Crippen LogP contribution in [0.15, 0.2) is 97.1 Å². The summed E-state index contributed by atoms with van der Waals surface area (Å²) in [5.41, 5.74) is 4.53. The Morgan fingerprint density at radius 1 is 0.714 bits per heavy atom. The standard InChI is InChI=1S/C32H29F3/c1-3-4-6-11-29-31(34)20-27(21-32(29)35)28-17-16-26(19-30(28)33)25-14-12-23(13-15-25)18-22(2)24-9-7-5-8-10-24/h3-5,7-10,12-17,19-22H,6,11,18H2,1-2H3/b4-3+. The van der Waals surface area contributed by atoms with Gasteiger partial charge in [0.1, 0.15) is 17.5 Å². The van der Waals surface area contributed by atoms with E-state index in [0.717, 1.165) is 17.5 Å². The fourth-order valence-electron chi connectivity index (χ4n) is 4.41. The molecule has 0 aliphatic heterocycles. The van der Waals surface area contributed by atoms with E-state index in [0.29, 0.717) is 12.3 Å². The van der Waals surface area contributed by atoms with E-state index in [1.807, 2.05) is 37.3 Å². The van der Waals surface area contributed by atoms with Gasteiger partial charge < -0.3 is 0 Å². The SMILES string of the molecule is C/C=C/CCc1c(F)cc(-c2ccc(-c3ccc(CC(C)c4ccccc4)cc3)cc2F)cc1F. The summed E-state index contributed by atoms with van der Waals surface area (Å²) in [6.45, 7) is 4.07. The highest BCUT2D eigenvalue weighted by molar-refractivity contribution is 5.71. The second-order valence-corrected chi connectivity index (χ2v) is 8.93. The van der Waals surface area contributed by atoms with Gasteiger partial charge in [-0.15, -0.1) is 0 Å². The largest absolute Gasteiger partial charge is 0.207 e. The van der Waals surface area contributed by atoms with Crippen LogP contribution in [0.3, 0.4) is 0 Å². The molecular formula is C32H29F3. The van der Waals surface area contributed by atoms with Crippen molar-refractivity contribution < 1.29 is 13.2 Å². The predicted octanol–water partition coefficient (Wildman–Crippen LogP) is 9.29. The van der Waals surface area contributed by atoms with Gasteiger partial charge in [-0.05, 0) is 78.1 Å². The summed E-state index contributed by atoms with van der Waals surface area (Å²) in [6, 6.07) is 25.7. The Balaban J connectivity index is 1.51. The van der Waals surface area contributed by atoms with E-state index in [1.54, 1.807) is 12.1 Å². The van der Waals surface area contributed by atoms with Gasteiger partial charge in [-0.1, -0.05) is 85.8 Å². The van der Waals surface area contributed by atoms with E-state index in [1.165, 1.54) is 29.3 Å². The molecule has 178 valence electrons. The zero-order chi connectivity index (χ0) is 24.8. The lowest BCUT2D eigenvalue weighted by atomic mass is 9.92. The zero-order valence-electron chi connectivity index (χ0n) is 20.1. The molecule has 0 spiro atoms. The third kappa shape index (κ3) is 5.92. The normalized spacial score (nSPS) is 12.3. The van der Waals surface area contributed by atoms with Crippen molar-refractivity contribution in [2.45, 2.75) is 39.0 Å². The summed E-state index contributed by atoms with van der Waals surface area (Å²) in [5, 5.41) is 0. The van der Waals surface area contributed by atoms with E-state index in [9.17, 15) is 8.78 Å². The van der Waals surface area contributed by atoms with Gasteiger partial charge in [-0.2, -0.15) is 0 Å². The molecule has 4 aromatic rings. The van der Waals surface area contributed by atoms with Crippen LogP contribution in [0.1, 0.15) is 42.9 Å². The molecule has 4 aromatic carbocycles. The molecule has 0 saturated heterocycles. The van der Waals surface area contributed by atoms with Gasteiger partial charge in [0.15, 0.2) is 0 Å². The van der Waals surface area contributed by atoms with Crippen molar-refractivity contribution in [2.24, 2.45) is 0 Å². The minimum Gasteiger partial charge on any atom is -0.207 e. The summed E-state index contributed by atoms with van der Waals surface area (Å²) < 4.78 is 44.1. The van der Waals surface area contributed by atoms with Crippen molar-refractivity contribution in [3.05, 3.63) is 131 Å². The number of hydrogen-bond donors (Lipinski definition) is 0. The predicted molar refractivity (Wildman–Crippen MR) is 139 cm³/mol. The Kier molecular flexibility index (Phi) is 7.87. The molecule has 0 fully saturated rings. The first-order valence-electron chi connectivity index (χ1n) is 12.0. The molecule has 0 aromatic heterocycles. The fraction of sp³-hybridized carbons (Fsp3) is 0.188. The van der Waals surface area contributed by atoms with Gasteiger partial charge in [0.2, 0.25) is 0 Å². The van der Waals surface area contributed by atoms with Crippen LogP contribution in [0.25, 0.3) is 22.3 Å². The second-order valence-electron chi connectivity index (χ2n) is 8.93. The van der Waals surface area contributed by atoms with Crippen LogP contribution in [0.5, 0.6) is 0 Å². The number of benzene rings is 4. The number of hydrogen-bond acceptors (Lipinski definition) is 0. The van der Waals surface area contributed by atoms with Crippen molar-refractivity contribution in [1.29, 1.82) is 0 Å². The maximum Gasteiger partial charge on any atom is 0.131 e. The van der Waals surface area contributed by atoms with Gasteiger partial charge in [0.25, 0.3) is 0 Å². The van der Waals surface area contributed by atoms with Crippen LogP contribution < -0.4 is 0 Å². The quantitative estimate of drug-likeness (QED) is 0.225. The smallest absolute Gasteiger partial charge is 0.131 e. The molecule has 35 heavy (non-hydrogen) atoms. The van der Waals surface area contributed by atoms with Crippen molar-refractivity contribution in [2.75, 3.05) is 0 Å². The molecule has 0 saturated carbocycles. The summed E-state index contributed by atoms with van der Waals surface area (Å²) >= 11 is 0. The lowest BCUT2D eigenvalue weighted by molar-refractivity contribution is 0.556. The highest BCUT2D eigenvalue weighted by atomic mass is 19.1.